The van der Waals surface area contributed by atoms with Crippen LogP contribution in [0.3, 0.4) is 0 Å². The predicted molar refractivity (Wildman–Crippen MR) is 76.6 cm³/mol. The summed E-state index contributed by atoms with van der Waals surface area (Å²) in [5, 5.41) is 3.47. The van der Waals surface area contributed by atoms with Crippen molar-refractivity contribution in [1.29, 1.82) is 0 Å². The maximum Gasteiger partial charge on any atom is 0.221 e. The number of anilines is 1. The molecule has 3 nitrogen and oxygen atoms in total. The lowest BCUT2D eigenvalue weighted by atomic mass is 10.1. The number of amides is 1. The molecule has 1 amide bonds. The Hall–Kier alpha value is -1.16. The van der Waals surface area contributed by atoms with E-state index in [9.17, 15) is 9.59 Å². The summed E-state index contributed by atoms with van der Waals surface area (Å²) in [6, 6.07) is 0. The van der Waals surface area contributed by atoms with Gasteiger partial charge in [-0.05, 0) is 32.3 Å². The van der Waals surface area contributed by atoms with Crippen LogP contribution in [0, 0.1) is 6.92 Å². The van der Waals surface area contributed by atoms with Gasteiger partial charge in [0.05, 0.1) is 5.56 Å². The summed E-state index contributed by atoms with van der Waals surface area (Å²) in [5.41, 5.74) is 1.72. The predicted octanol–water partition coefficient (Wildman–Crippen LogP) is 3.95. The molecule has 4 heteroatoms. The quantitative estimate of drug-likeness (QED) is 0.626. The van der Waals surface area contributed by atoms with Gasteiger partial charge < -0.3 is 5.32 Å². The summed E-state index contributed by atoms with van der Waals surface area (Å²) in [4.78, 5) is 24.0. The highest BCUT2D eigenvalue weighted by Crippen LogP contribution is 2.34. The molecule has 1 aromatic heterocycles. The van der Waals surface area contributed by atoms with Crippen LogP contribution in [0.25, 0.3) is 0 Å². The molecule has 0 atom stereocenters. The molecule has 1 aromatic rings. The number of nitrogens with one attached hydrogen (secondary N) is 1. The lowest BCUT2D eigenvalue weighted by Crippen LogP contribution is -2.07. The Morgan fingerprint density at radius 2 is 1.89 bits per heavy atom. The molecule has 0 bridgehead atoms. The number of thiophene rings is 1. The first kappa shape index (κ1) is 14.9. The van der Waals surface area contributed by atoms with Crippen LogP contribution in [-0.2, 0) is 11.2 Å². The van der Waals surface area contributed by atoms with E-state index in [1.165, 1.54) is 24.6 Å². The third-order valence-corrected chi connectivity index (χ3v) is 4.16. The number of rotatable bonds is 6. The van der Waals surface area contributed by atoms with Gasteiger partial charge in [0.1, 0.15) is 5.00 Å². The van der Waals surface area contributed by atoms with Crippen LogP contribution >= 0.6 is 11.3 Å². The fraction of sp³-hybridized carbons (Fsp3) is 0.571. The molecule has 0 unspecified atom stereocenters. The third-order valence-electron chi connectivity index (χ3n) is 2.89. The minimum absolute atomic E-state index is 0.0224. The first-order chi connectivity index (χ1) is 8.47. The summed E-state index contributed by atoms with van der Waals surface area (Å²) in [6.07, 6.45) is 4.50. The van der Waals surface area contributed by atoms with Gasteiger partial charge in [0.25, 0.3) is 0 Å². The highest BCUT2D eigenvalue weighted by atomic mass is 32.1. The van der Waals surface area contributed by atoms with Gasteiger partial charge >= 0.3 is 0 Å². The zero-order valence-corrected chi connectivity index (χ0v) is 12.4. The molecular weight excluding hydrogens is 246 g/mol. The van der Waals surface area contributed by atoms with Crippen molar-refractivity contribution in [3.8, 4) is 0 Å². The van der Waals surface area contributed by atoms with E-state index in [-0.39, 0.29) is 11.7 Å². The van der Waals surface area contributed by atoms with Gasteiger partial charge in [-0.2, -0.15) is 0 Å². The molecule has 0 saturated carbocycles. The molecule has 0 aliphatic heterocycles. The average molecular weight is 267 g/mol. The Morgan fingerprint density at radius 3 is 2.39 bits per heavy atom. The van der Waals surface area contributed by atoms with Gasteiger partial charge in [0.2, 0.25) is 5.91 Å². The monoisotopic (exact) mass is 267 g/mol. The number of carbonyl (C=O) groups excluding carboxylic acids is 2. The number of hydrogen-bond donors (Lipinski definition) is 1. The van der Waals surface area contributed by atoms with Crippen LogP contribution in [0.5, 0.6) is 0 Å². The molecule has 0 fully saturated rings. The van der Waals surface area contributed by atoms with Crippen LogP contribution in [-0.4, -0.2) is 11.7 Å². The van der Waals surface area contributed by atoms with E-state index in [0.29, 0.717) is 10.6 Å². The van der Waals surface area contributed by atoms with Gasteiger partial charge in [0.15, 0.2) is 5.78 Å². The van der Waals surface area contributed by atoms with Gasteiger partial charge in [0, 0.05) is 11.8 Å². The van der Waals surface area contributed by atoms with E-state index in [1.54, 1.807) is 18.3 Å². The van der Waals surface area contributed by atoms with Crippen LogP contribution in [0.15, 0.2) is 0 Å². The second kappa shape index (κ2) is 6.69. The summed E-state index contributed by atoms with van der Waals surface area (Å²) in [7, 11) is 0. The van der Waals surface area contributed by atoms with Crippen LogP contribution in [0.1, 0.15) is 60.8 Å². The van der Waals surface area contributed by atoms with Crippen molar-refractivity contribution in [2.75, 3.05) is 5.32 Å². The van der Waals surface area contributed by atoms with Crippen molar-refractivity contribution in [3.63, 3.8) is 0 Å². The van der Waals surface area contributed by atoms with E-state index in [2.05, 4.69) is 12.2 Å². The van der Waals surface area contributed by atoms with Crippen molar-refractivity contribution < 1.29 is 9.59 Å². The summed E-state index contributed by atoms with van der Waals surface area (Å²) in [6.45, 7) is 7.16. The second-order valence-electron chi connectivity index (χ2n) is 4.55. The van der Waals surface area contributed by atoms with E-state index < -0.39 is 0 Å². The van der Waals surface area contributed by atoms with Crippen LogP contribution in [0.4, 0.5) is 5.00 Å². The molecule has 1 rings (SSSR count). The molecule has 1 heterocycles. The van der Waals surface area contributed by atoms with E-state index in [0.717, 1.165) is 18.4 Å². The minimum atomic E-state index is -0.126. The molecule has 0 spiro atoms. The Kier molecular flexibility index (Phi) is 5.54. The maximum absolute atomic E-state index is 11.7. The van der Waals surface area contributed by atoms with Gasteiger partial charge in [-0.15, -0.1) is 11.3 Å². The highest BCUT2D eigenvalue weighted by Gasteiger charge is 2.18. The van der Waals surface area contributed by atoms with E-state index in [4.69, 9.17) is 0 Å². The Morgan fingerprint density at radius 1 is 1.22 bits per heavy atom. The van der Waals surface area contributed by atoms with Crippen molar-refractivity contribution in [1.82, 2.24) is 0 Å². The summed E-state index contributed by atoms with van der Waals surface area (Å²) < 4.78 is 0. The number of unbranched alkanes of at least 4 members (excludes halogenated alkanes) is 2. The standard InChI is InChI=1S/C14H21NO2S/c1-5-6-7-8-12-9(2)13(10(3)16)14(18-12)15-11(4)17/h5-8H2,1-4H3,(H,15,17). The molecule has 0 aliphatic carbocycles. The number of aryl methyl sites for hydroxylation is 1. The van der Waals surface area contributed by atoms with Crippen molar-refractivity contribution in [2.45, 2.75) is 53.4 Å². The SMILES string of the molecule is CCCCCc1sc(NC(C)=O)c(C(C)=O)c1C. The summed E-state index contributed by atoms with van der Waals surface area (Å²) >= 11 is 1.54. The van der Waals surface area contributed by atoms with Gasteiger partial charge in [-0.3, -0.25) is 9.59 Å². The first-order valence-electron chi connectivity index (χ1n) is 6.38. The van der Waals surface area contributed by atoms with Crippen LogP contribution in [0.2, 0.25) is 0 Å². The Labute approximate surface area is 113 Å². The van der Waals surface area contributed by atoms with Gasteiger partial charge in [-0.1, -0.05) is 19.8 Å². The molecule has 18 heavy (non-hydrogen) atoms. The lowest BCUT2D eigenvalue weighted by Gasteiger charge is -2.01. The molecule has 0 aromatic carbocycles. The average Bonchev–Trinajstić information content (AvgIpc) is 2.55. The smallest absolute Gasteiger partial charge is 0.221 e. The molecule has 0 saturated heterocycles. The third kappa shape index (κ3) is 3.67. The Balaban J connectivity index is 2.99. The zero-order valence-electron chi connectivity index (χ0n) is 11.6. The fourth-order valence-electron chi connectivity index (χ4n) is 2.01. The minimum Gasteiger partial charge on any atom is -0.317 e. The number of hydrogen-bond acceptors (Lipinski definition) is 3. The molecule has 100 valence electrons. The van der Waals surface area contributed by atoms with Crippen molar-refractivity contribution in [2.24, 2.45) is 0 Å². The van der Waals surface area contributed by atoms with Crippen molar-refractivity contribution in [3.05, 3.63) is 16.0 Å². The highest BCUT2D eigenvalue weighted by molar-refractivity contribution is 7.17. The zero-order chi connectivity index (χ0) is 13.7. The topological polar surface area (TPSA) is 46.2 Å². The largest absolute Gasteiger partial charge is 0.317 e. The van der Waals surface area contributed by atoms with E-state index >= 15 is 0 Å². The lowest BCUT2D eigenvalue weighted by molar-refractivity contribution is -0.114. The first-order valence-corrected chi connectivity index (χ1v) is 7.19. The van der Waals surface area contributed by atoms with Crippen LogP contribution < -0.4 is 5.32 Å². The second-order valence-corrected chi connectivity index (χ2v) is 5.65. The molecule has 1 N–H and O–H groups in total. The maximum atomic E-state index is 11.7. The molecule has 0 aliphatic rings. The molecule has 0 radical (unpaired) electrons. The number of ketones is 1. The fourth-order valence-corrected chi connectivity index (χ4v) is 3.35. The van der Waals surface area contributed by atoms with Gasteiger partial charge in [-0.25, -0.2) is 0 Å². The number of carbonyl (C=O) groups is 2. The normalized spacial score (nSPS) is 10.4. The van der Waals surface area contributed by atoms with Crippen molar-refractivity contribution >= 4 is 28.0 Å². The number of Topliss-reactive ketones (excluding diaryl/α,β-unsaturated/α-hetero) is 1. The summed E-state index contributed by atoms with van der Waals surface area (Å²) in [5.74, 6) is -0.104. The Bertz CT molecular complexity index is 449. The molecular formula is C14H21NO2S. The van der Waals surface area contributed by atoms with E-state index in [1.807, 2.05) is 6.92 Å².